The molecule has 0 fully saturated rings. The molecule has 1 aliphatic carbocycles. The number of carbonyl (C=O) groups is 1. The van der Waals surface area contributed by atoms with Gasteiger partial charge in [-0.1, -0.05) is 17.7 Å². The first kappa shape index (κ1) is 15.1. The van der Waals surface area contributed by atoms with Crippen LogP contribution in [0.5, 0.6) is 0 Å². The lowest BCUT2D eigenvalue weighted by Crippen LogP contribution is -2.57. The highest BCUT2D eigenvalue weighted by Gasteiger charge is 2.67. The van der Waals surface area contributed by atoms with E-state index in [2.05, 4.69) is 4.74 Å². The van der Waals surface area contributed by atoms with Crippen LogP contribution in [0.15, 0.2) is 23.9 Å². The summed E-state index contributed by atoms with van der Waals surface area (Å²) in [5.74, 6) is -0.757. The monoisotopic (exact) mass is 293 g/mol. The summed E-state index contributed by atoms with van der Waals surface area (Å²) in [5.41, 5.74) is -3.27. The van der Waals surface area contributed by atoms with Gasteiger partial charge in [-0.3, -0.25) is 4.90 Å². The minimum Gasteiger partial charge on any atom is -0.452 e. The maximum atomic E-state index is 12.0. The summed E-state index contributed by atoms with van der Waals surface area (Å²) in [6.07, 6.45) is 3.66. The van der Waals surface area contributed by atoms with E-state index in [1.165, 1.54) is 19.4 Å². The quantitative estimate of drug-likeness (QED) is 0.624. The molecule has 0 N–H and O–H groups in total. The van der Waals surface area contributed by atoms with E-state index in [4.69, 9.17) is 0 Å². The molecular weight excluding hydrogens is 282 g/mol. The molecule has 7 nitrogen and oxygen atoms in total. The smallest absolute Gasteiger partial charge is 0.414 e. The van der Waals surface area contributed by atoms with Gasteiger partial charge in [0.1, 0.15) is 0 Å². The fraction of sp³-hybridized carbons (Fsp3) is 0.400. The van der Waals surface area contributed by atoms with E-state index in [0.717, 1.165) is 4.90 Å². The number of ether oxygens (including phenoxy) is 1. The highest BCUT2D eigenvalue weighted by molar-refractivity contribution is 5.71. The molecule has 2 bridgehead atoms. The third kappa shape index (κ3) is 1.48. The predicted molar refractivity (Wildman–Crippen MR) is 71.7 cm³/mol. The first-order chi connectivity index (χ1) is 10.5. The maximum Gasteiger partial charge on any atom is 0.414 e. The van der Waals surface area contributed by atoms with E-state index in [0.29, 0.717) is 5.57 Å². The Bertz CT molecular complexity index is 725. The largest absolute Gasteiger partial charge is 0.452 e. The van der Waals surface area contributed by atoms with Crippen molar-refractivity contribution in [2.45, 2.75) is 13.0 Å². The molecule has 3 rings (SSSR count). The Kier molecular flexibility index (Phi) is 3.38. The number of methoxy groups -OCH3 is 1. The molecule has 2 atom stereocenters. The van der Waals surface area contributed by atoms with Gasteiger partial charge in [-0.15, -0.1) is 0 Å². The fourth-order valence-electron chi connectivity index (χ4n) is 3.11. The number of nitriles is 4. The van der Waals surface area contributed by atoms with Gasteiger partial charge < -0.3 is 4.74 Å². The Balaban J connectivity index is 2.86. The first-order valence-electron chi connectivity index (χ1n) is 6.36. The van der Waals surface area contributed by atoms with Crippen molar-refractivity contribution in [1.29, 1.82) is 21.0 Å². The molecule has 22 heavy (non-hydrogen) atoms. The van der Waals surface area contributed by atoms with Gasteiger partial charge >= 0.3 is 6.09 Å². The van der Waals surface area contributed by atoms with Crippen LogP contribution in [-0.4, -0.2) is 24.1 Å². The lowest BCUT2D eigenvalue weighted by atomic mass is 9.52. The first-order valence-corrected chi connectivity index (χ1v) is 6.36. The van der Waals surface area contributed by atoms with Crippen molar-refractivity contribution in [1.82, 2.24) is 4.90 Å². The average Bonchev–Trinajstić information content (AvgIpc) is 2.79. The standard InChI is InChI=1S/C15H11N5O2/c1-10-5-12-15(8-18,9-19)14(6-16,7-17)11(10)3-4-20(12)13(21)22-2/h3-5,11-12H,1-2H3/t11-,12-/m0/s1. The topological polar surface area (TPSA) is 125 Å². The van der Waals surface area contributed by atoms with Crippen LogP contribution in [0.1, 0.15) is 6.92 Å². The second kappa shape index (κ2) is 4.92. The number of rotatable bonds is 0. The maximum absolute atomic E-state index is 12.0. The Labute approximate surface area is 127 Å². The molecule has 0 aromatic heterocycles. The number of allylic oxidation sites excluding steroid dienone is 2. The summed E-state index contributed by atoms with van der Waals surface area (Å²) in [7, 11) is 1.17. The van der Waals surface area contributed by atoms with Gasteiger partial charge in [0, 0.05) is 12.1 Å². The molecule has 0 saturated carbocycles. The Morgan fingerprint density at radius 2 is 1.73 bits per heavy atom. The van der Waals surface area contributed by atoms with Crippen molar-refractivity contribution in [3.63, 3.8) is 0 Å². The number of hydrogen-bond donors (Lipinski definition) is 0. The molecule has 0 spiro atoms. The van der Waals surface area contributed by atoms with Gasteiger partial charge in [-0.2, -0.15) is 21.0 Å². The second-order valence-electron chi connectivity index (χ2n) is 5.12. The number of nitrogens with zero attached hydrogens (tertiary/aromatic N) is 5. The van der Waals surface area contributed by atoms with E-state index in [-0.39, 0.29) is 0 Å². The van der Waals surface area contributed by atoms with Gasteiger partial charge in [0.05, 0.1) is 37.4 Å². The SMILES string of the molecule is COC(=O)N1C=C[C@H]2C(C)=C[C@H]1C(C#N)(C#N)C2(C#N)C#N. The Hall–Kier alpha value is -3.29. The zero-order valence-corrected chi connectivity index (χ0v) is 11.9. The van der Waals surface area contributed by atoms with Gasteiger partial charge in [0.25, 0.3) is 0 Å². The molecule has 3 aliphatic rings. The molecule has 0 aromatic rings. The lowest BCUT2D eigenvalue weighted by molar-refractivity contribution is 0.0987. The van der Waals surface area contributed by atoms with Crippen LogP contribution in [0.25, 0.3) is 0 Å². The predicted octanol–water partition coefficient (Wildman–Crippen LogP) is 1.59. The lowest BCUT2D eigenvalue weighted by Gasteiger charge is -2.44. The van der Waals surface area contributed by atoms with Crippen LogP contribution in [0.2, 0.25) is 0 Å². The molecule has 108 valence electrons. The van der Waals surface area contributed by atoms with E-state index >= 15 is 0 Å². The normalized spacial score (nSPS) is 26.5. The van der Waals surface area contributed by atoms with E-state index in [9.17, 15) is 25.8 Å². The summed E-state index contributed by atoms with van der Waals surface area (Å²) in [6.45, 7) is 1.70. The summed E-state index contributed by atoms with van der Waals surface area (Å²) in [6, 6.07) is 6.29. The zero-order valence-electron chi connectivity index (χ0n) is 11.9. The molecule has 2 aliphatic heterocycles. The van der Waals surface area contributed by atoms with Gasteiger partial charge in [-0.05, 0) is 6.92 Å². The van der Waals surface area contributed by atoms with Crippen molar-refractivity contribution < 1.29 is 9.53 Å². The summed E-state index contributed by atoms with van der Waals surface area (Å²) in [5, 5.41) is 38.5. The van der Waals surface area contributed by atoms with E-state index in [1.807, 2.05) is 24.3 Å². The molecule has 0 radical (unpaired) electrons. The third-order valence-corrected chi connectivity index (χ3v) is 4.27. The molecule has 0 unspecified atom stereocenters. The highest BCUT2D eigenvalue weighted by Crippen LogP contribution is 2.56. The van der Waals surface area contributed by atoms with Crippen molar-refractivity contribution in [3.8, 4) is 24.3 Å². The van der Waals surface area contributed by atoms with E-state index in [1.54, 1.807) is 13.0 Å². The summed E-state index contributed by atoms with van der Waals surface area (Å²) < 4.78 is 4.67. The van der Waals surface area contributed by atoms with Crippen LogP contribution in [0.3, 0.4) is 0 Å². The minimum absolute atomic E-state index is 0.650. The molecule has 7 heteroatoms. The molecule has 0 aromatic carbocycles. The molecule has 1 amide bonds. The number of amides is 1. The van der Waals surface area contributed by atoms with Gasteiger partial charge in [-0.25, -0.2) is 4.79 Å². The molecular formula is C15H11N5O2. The van der Waals surface area contributed by atoms with Crippen molar-refractivity contribution >= 4 is 6.09 Å². The van der Waals surface area contributed by atoms with Crippen molar-refractivity contribution in [2.75, 3.05) is 7.11 Å². The summed E-state index contributed by atoms with van der Waals surface area (Å²) >= 11 is 0. The molecule has 0 saturated heterocycles. The van der Waals surface area contributed by atoms with Crippen molar-refractivity contribution in [3.05, 3.63) is 23.9 Å². The average molecular weight is 293 g/mol. The zero-order chi connectivity index (χ0) is 16.5. The van der Waals surface area contributed by atoms with Crippen LogP contribution < -0.4 is 0 Å². The van der Waals surface area contributed by atoms with Crippen molar-refractivity contribution in [2.24, 2.45) is 16.7 Å². The minimum atomic E-state index is -2.02. The van der Waals surface area contributed by atoms with Crippen LogP contribution >= 0.6 is 0 Å². The Morgan fingerprint density at radius 3 is 2.18 bits per heavy atom. The van der Waals surface area contributed by atoms with Gasteiger partial charge in [0.2, 0.25) is 0 Å². The van der Waals surface area contributed by atoms with Crippen LogP contribution in [-0.2, 0) is 4.74 Å². The molecule has 2 heterocycles. The van der Waals surface area contributed by atoms with Gasteiger partial charge in [0.15, 0.2) is 10.8 Å². The van der Waals surface area contributed by atoms with Crippen LogP contribution in [0.4, 0.5) is 4.79 Å². The number of carbonyl (C=O) groups excluding carboxylic acids is 1. The Morgan fingerprint density at radius 1 is 1.18 bits per heavy atom. The number of fused-ring (bicyclic) bond motifs is 2. The van der Waals surface area contributed by atoms with E-state index < -0.39 is 28.9 Å². The highest BCUT2D eigenvalue weighted by atomic mass is 16.5. The third-order valence-electron chi connectivity index (χ3n) is 4.27. The van der Waals surface area contributed by atoms with Crippen LogP contribution in [0, 0.1) is 62.1 Å². The number of hydrogen-bond acceptors (Lipinski definition) is 6. The summed E-state index contributed by atoms with van der Waals surface area (Å²) in [4.78, 5) is 13.0. The second-order valence-corrected chi connectivity index (χ2v) is 5.12. The fourth-order valence-corrected chi connectivity index (χ4v) is 3.11.